The van der Waals surface area contributed by atoms with Crippen molar-refractivity contribution in [1.82, 2.24) is 13.9 Å². The van der Waals surface area contributed by atoms with Gasteiger partial charge in [-0.15, -0.1) is 0 Å². The summed E-state index contributed by atoms with van der Waals surface area (Å²) in [6, 6.07) is 15.5. The minimum atomic E-state index is -3.95. The lowest BCUT2D eigenvalue weighted by Gasteiger charge is -2.27. The highest BCUT2D eigenvalue weighted by Gasteiger charge is 2.31. The molecule has 1 unspecified atom stereocenters. The van der Waals surface area contributed by atoms with Crippen LogP contribution in [0.15, 0.2) is 74.8 Å². The minimum Gasteiger partial charge on any atom is -0.497 e. The van der Waals surface area contributed by atoms with E-state index in [1.54, 1.807) is 55.5 Å². The molecule has 0 N–H and O–H groups in total. The van der Waals surface area contributed by atoms with E-state index in [-0.39, 0.29) is 16.3 Å². The lowest BCUT2D eigenvalue weighted by Crippen LogP contribution is -2.35. The molecule has 3 aromatic carbocycles. The normalized spacial score (nSPS) is 12.5. The Kier molecular flexibility index (Phi) is 7.58. The van der Waals surface area contributed by atoms with Gasteiger partial charge in [-0.2, -0.15) is 4.31 Å². The molecule has 1 heterocycles. The standard InChI is InChI=1S/C26H26BrN3O6S/c1-16(29(2)37(32,33)19-12-10-17(34-3)11-13-19)25-28-21-9-7-6-8-20(21)26(31)30(25)22-14-18(35-4)15-23(36-5)24(22)27/h6-16H,1-5H3. The molecule has 0 aliphatic heterocycles. The van der Waals surface area contributed by atoms with E-state index in [4.69, 9.17) is 19.2 Å². The Labute approximate surface area is 223 Å². The number of methoxy groups -OCH3 is 3. The van der Waals surface area contributed by atoms with Crippen molar-refractivity contribution < 1.29 is 22.6 Å². The van der Waals surface area contributed by atoms with E-state index in [9.17, 15) is 13.2 Å². The van der Waals surface area contributed by atoms with Crippen LogP contribution in [-0.4, -0.2) is 50.7 Å². The monoisotopic (exact) mass is 587 g/mol. The van der Waals surface area contributed by atoms with Crippen LogP contribution >= 0.6 is 15.9 Å². The highest BCUT2D eigenvalue weighted by atomic mass is 79.9. The fraction of sp³-hybridized carbons (Fsp3) is 0.231. The predicted octanol–water partition coefficient (Wildman–Crippen LogP) is 4.56. The van der Waals surface area contributed by atoms with E-state index in [1.807, 2.05) is 0 Å². The number of halogens is 1. The molecule has 4 rings (SSSR count). The first kappa shape index (κ1) is 26.6. The van der Waals surface area contributed by atoms with E-state index in [2.05, 4.69) is 15.9 Å². The number of hydrogen-bond acceptors (Lipinski definition) is 7. The van der Waals surface area contributed by atoms with E-state index >= 15 is 0 Å². The molecular weight excluding hydrogens is 562 g/mol. The maximum atomic E-state index is 13.9. The number of ether oxygens (including phenoxy) is 3. The molecule has 11 heteroatoms. The van der Waals surface area contributed by atoms with Crippen molar-refractivity contribution in [3.63, 3.8) is 0 Å². The van der Waals surface area contributed by atoms with Crippen LogP contribution in [0.4, 0.5) is 0 Å². The molecule has 0 spiro atoms. The lowest BCUT2D eigenvalue weighted by atomic mass is 10.2. The van der Waals surface area contributed by atoms with Crippen LogP contribution in [0.5, 0.6) is 17.2 Å². The SMILES string of the molecule is COc1ccc(S(=O)(=O)N(C)C(C)c2nc3ccccc3c(=O)n2-c2cc(OC)cc(OC)c2Br)cc1. The number of aromatic nitrogens is 2. The summed E-state index contributed by atoms with van der Waals surface area (Å²) in [6.07, 6.45) is 0. The maximum absolute atomic E-state index is 13.9. The summed E-state index contributed by atoms with van der Waals surface area (Å²) in [6.45, 7) is 1.68. The van der Waals surface area contributed by atoms with Crippen LogP contribution in [0.1, 0.15) is 18.8 Å². The van der Waals surface area contributed by atoms with Crippen molar-refractivity contribution in [2.45, 2.75) is 17.9 Å². The predicted molar refractivity (Wildman–Crippen MR) is 145 cm³/mol. The van der Waals surface area contributed by atoms with Gasteiger partial charge < -0.3 is 14.2 Å². The van der Waals surface area contributed by atoms with Gasteiger partial charge in [0.15, 0.2) is 0 Å². The van der Waals surface area contributed by atoms with E-state index < -0.39 is 16.1 Å². The van der Waals surface area contributed by atoms with Crippen molar-refractivity contribution in [3.8, 4) is 22.9 Å². The van der Waals surface area contributed by atoms with E-state index in [0.717, 1.165) is 0 Å². The maximum Gasteiger partial charge on any atom is 0.266 e. The van der Waals surface area contributed by atoms with Gasteiger partial charge in [0, 0.05) is 19.2 Å². The third-order valence-corrected chi connectivity index (χ3v) is 8.89. The Morgan fingerprint density at radius 1 is 0.946 bits per heavy atom. The number of benzene rings is 3. The summed E-state index contributed by atoms with van der Waals surface area (Å²) in [7, 11) is 2.02. The first-order chi connectivity index (χ1) is 17.6. The molecule has 0 aliphatic rings. The van der Waals surface area contributed by atoms with Crippen molar-refractivity contribution in [1.29, 1.82) is 0 Å². The number of hydrogen-bond donors (Lipinski definition) is 0. The van der Waals surface area contributed by atoms with Gasteiger partial charge >= 0.3 is 0 Å². The van der Waals surface area contributed by atoms with Gasteiger partial charge in [0.2, 0.25) is 10.0 Å². The second kappa shape index (κ2) is 10.5. The number of fused-ring (bicyclic) bond motifs is 1. The number of rotatable bonds is 8. The number of sulfonamides is 1. The Balaban J connectivity index is 1.96. The first-order valence-corrected chi connectivity index (χ1v) is 13.4. The first-order valence-electron chi connectivity index (χ1n) is 11.2. The molecule has 0 aliphatic carbocycles. The number of nitrogens with zero attached hydrogens (tertiary/aromatic N) is 3. The third-order valence-electron chi connectivity index (χ3n) is 6.15. The van der Waals surface area contributed by atoms with Crippen LogP contribution < -0.4 is 19.8 Å². The zero-order chi connectivity index (χ0) is 26.9. The molecule has 0 saturated carbocycles. The van der Waals surface area contributed by atoms with Crippen molar-refractivity contribution >= 4 is 36.9 Å². The molecule has 0 bridgehead atoms. The van der Waals surface area contributed by atoms with Crippen LogP contribution in [0.25, 0.3) is 16.6 Å². The Morgan fingerprint density at radius 2 is 1.59 bits per heavy atom. The molecule has 0 radical (unpaired) electrons. The van der Waals surface area contributed by atoms with E-state index in [1.165, 1.54) is 49.4 Å². The highest BCUT2D eigenvalue weighted by molar-refractivity contribution is 9.10. The smallest absolute Gasteiger partial charge is 0.266 e. The van der Waals surface area contributed by atoms with Gasteiger partial charge in [-0.25, -0.2) is 13.4 Å². The Hall–Kier alpha value is -3.41. The van der Waals surface area contributed by atoms with Gasteiger partial charge in [0.25, 0.3) is 5.56 Å². The van der Waals surface area contributed by atoms with Crippen molar-refractivity contribution in [2.75, 3.05) is 28.4 Å². The fourth-order valence-corrected chi connectivity index (χ4v) is 5.83. The molecule has 0 fully saturated rings. The van der Waals surface area contributed by atoms with Gasteiger partial charge in [0.1, 0.15) is 23.1 Å². The molecule has 1 aromatic heterocycles. The van der Waals surface area contributed by atoms with Gasteiger partial charge in [0.05, 0.1) is 53.3 Å². The quantitative estimate of drug-likeness (QED) is 0.298. The average Bonchev–Trinajstić information content (AvgIpc) is 2.92. The molecular formula is C26H26BrN3O6S. The zero-order valence-corrected chi connectivity index (χ0v) is 23.3. The van der Waals surface area contributed by atoms with Gasteiger partial charge in [-0.05, 0) is 59.3 Å². The molecule has 4 aromatic rings. The van der Waals surface area contributed by atoms with Crippen LogP contribution in [-0.2, 0) is 10.0 Å². The molecule has 1 atom stereocenters. The second-order valence-corrected chi connectivity index (χ2v) is 11.0. The van der Waals surface area contributed by atoms with Crippen LogP contribution in [0, 0.1) is 0 Å². The average molecular weight is 588 g/mol. The molecule has 0 saturated heterocycles. The summed E-state index contributed by atoms with van der Waals surface area (Å²) in [4.78, 5) is 18.7. The fourth-order valence-electron chi connectivity index (χ4n) is 3.94. The molecule has 37 heavy (non-hydrogen) atoms. The van der Waals surface area contributed by atoms with Gasteiger partial charge in [-0.3, -0.25) is 9.36 Å². The molecule has 194 valence electrons. The number of para-hydroxylation sites is 1. The van der Waals surface area contributed by atoms with Crippen LogP contribution in [0.2, 0.25) is 0 Å². The Bertz CT molecular complexity index is 1620. The largest absolute Gasteiger partial charge is 0.497 e. The van der Waals surface area contributed by atoms with Crippen molar-refractivity contribution in [3.05, 3.63) is 81.3 Å². The Morgan fingerprint density at radius 3 is 2.22 bits per heavy atom. The second-order valence-electron chi connectivity index (χ2n) is 8.16. The van der Waals surface area contributed by atoms with E-state index in [0.29, 0.717) is 38.3 Å². The van der Waals surface area contributed by atoms with Crippen molar-refractivity contribution in [2.24, 2.45) is 0 Å². The lowest BCUT2D eigenvalue weighted by molar-refractivity contribution is 0.377. The van der Waals surface area contributed by atoms with Crippen LogP contribution in [0.3, 0.4) is 0 Å². The summed E-state index contributed by atoms with van der Waals surface area (Å²) in [5.41, 5.74) is 0.488. The zero-order valence-electron chi connectivity index (χ0n) is 20.9. The molecule has 9 nitrogen and oxygen atoms in total. The summed E-state index contributed by atoms with van der Waals surface area (Å²) < 4.78 is 46.2. The third kappa shape index (κ3) is 4.81. The van der Waals surface area contributed by atoms with Gasteiger partial charge in [-0.1, -0.05) is 12.1 Å². The summed E-state index contributed by atoms with van der Waals surface area (Å²) in [5, 5.41) is 0.382. The topological polar surface area (TPSA) is 100.0 Å². The minimum absolute atomic E-state index is 0.0848. The molecule has 0 amide bonds. The summed E-state index contributed by atoms with van der Waals surface area (Å²) >= 11 is 3.54. The highest BCUT2D eigenvalue weighted by Crippen LogP contribution is 2.37. The summed E-state index contributed by atoms with van der Waals surface area (Å²) in [5.74, 6) is 1.65.